The van der Waals surface area contributed by atoms with E-state index in [0.29, 0.717) is 33.2 Å². The lowest BCUT2D eigenvalue weighted by Crippen LogP contribution is -1.97. The van der Waals surface area contributed by atoms with Gasteiger partial charge in [0.1, 0.15) is 23.6 Å². The first-order valence-corrected chi connectivity index (χ1v) is 6.60. The SMILES string of the molecule is COc1ccc(Cl)c(Nc2ncnc3cccc(O)c23)c1. The van der Waals surface area contributed by atoms with Crippen molar-refractivity contribution in [2.24, 2.45) is 0 Å². The first kappa shape index (κ1) is 13.5. The van der Waals surface area contributed by atoms with Gasteiger partial charge in [0.2, 0.25) is 0 Å². The van der Waals surface area contributed by atoms with Crippen molar-refractivity contribution in [1.29, 1.82) is 0 Å². The second-order valence-electron chi connectivity index (χ2n) is 4.36. The number of aromatic hydroxyl groups is 1. The summed E-state index contributed by atoms with van der Waals surface area (Å²) in [6, 6.07) is 10.4. The summed E-state index contributed by atoms with van der Waals surface area (Å²) in [5.41, 5.74) is 1.28. The molecule has 106 valence electrons. The number of anilines is 2. The molecule has 0 aliphatic heterocycles. The van der Waals surface area contributed by atoms with Crippen molar-refractivity contribution in [3.63, 3.8) is 0 Å². The van der Waals surface area contributed by atoms with Crippen molar-refractivity contribution in [3.8, 4) is 11.5 Å². The fourth-order valence-corrected chi connectivity index (χ4v) is 2.21. The van der Waals surface area contributed by atoms with E-state index in [9.17, 15) is 5.11 Å². The largest absolute Gasteiger partial charge is 0.507 e. The summed E-state index contributed by atoms with van der Waals surface area (Å²) in [5, 5.41) is 14.2. The van der Waals surface area contributed by atoms with Gasteiger partial charge in [0.15, 0.2) is 0 Å². The van der Waals surface area contributed by atoms with Gasteiger partial charge in [-0.1, -0.05) is 17.7 Å². The summed E-state index contributed by atoms with van der Waals surface area (Å²) in [4.78, 5) is 8.31. The fraction of sp³-hybridized carbons (Fsp3) is 0.0667. The van der Waals surface area contributed by atoms with Gasteiger partial charge in [-0.3, -0.25) is 0 Å². The normalized spacial score (nSPS) is 10.6. The molecule has 21 heavy (non-hydrogen) atoms. The van der Waals surface area contributed by atoms with Gasteiger partial charge >= 0.3 is 0 Å². The number of hydrogen-bond acceptors (Lipinski definition) is 5. The molecule has 0 saturated carbocycles. The first-order valence-electron chi connectivity index (χ1n) is 6.22. The predicted molar refractivity (Wildman–Crippen MR) is 82.5 cm³/mol. The van der Waals surface area contributed by atoms with E-state index in [0.717, 1.165) is 0 Å². The minimum atomic E-state index is 0.106. The number of nitrogens with one attached hydrogen (secondary N) is 1. The van der Waals surface area contributed by atoms with Crippen molar-refractivity contribution in [3.05, 3.63) is 47.7 Å². The van der Waals surface area contributed by atoms with Gasteiger partial charge in [-0.2, -0.15) is 0 Å². The molecular formula is C15H12ClN3O2. The van der Waals surface area contributed by atoms with Crippen LogP contribution in [0.3, 0.4) is 0 Å². The quantitative estimate of drug-likeness (QED) is 0.771. The summed E-state index contributed by atoms with van der Waals surface area (Å²) in [5.74, 6) is 1.26. The Hall–Kier alpha value is -2.53. The van der Waals surface area contributed by atoms with Crippen LogP contribution in [-0.4, -0.2) is 22.2 Å². The lowest BCUT2D eigenvalue weighted by Gasteiger charge is -2.11. The van der Waals surface area contributed by atoms with Crippen LogP contribution in [0.1, 0.15) is 0 Å². The Balaban J connectivity index is 2.10. The smallest absolute Gasteiger partial charge is 0.145 e. The summed E-state index contributed by atoms with van der Waals surface area (Å²) in [7, 11) is 1.58. The molecule has 3 aromatic rings. The summed E-state index contributed by atoms with van der Waals surface area (Å²) in [6.07, 6.45) is 1.43. The second-order valence-corrected chi connectivity index (χ2v) is 4.77. The van der Waals surface area contributed by atoms with Crippen LogP contribution in [0, 0.1) is 0 Å². The molecule has 0 aliphatic carbocycles. The highest BCUT2D eigenvalue weighted by Gasteiger charge is 2.10. The van der Waals surface area contributed by atoms with E-state index < -0.39 is 0 Å². The lowest BCUT2D eigenvalue weighted by molar-refractivity contribution is 0.415. The molecule has 0 aliphatic rings. The number of halogens is 1. The summed E-state index contributed by atoms with van der Waals surface area (Å²) >= 11 is 6.17. The lowest BCUT2D eigenvalue weighted by atomic mass is 10.2. The number of aromatic nitrogens is 2. The number of benzene rings is 2. The van der Waals surface area contributed by atoms with Crippen LogP contribution >= 0.6 is 11.6 Å². The van der Waals surface area contributed by atoms with Crippen LogP contribution in [0.4, 0.5) is 11.5 Å². The van der Waals surface area contributed by atoms with E-state index in [1.165, 1.54) is 6.33 Å². The van der Waals surface area contributed by atoms with Gasteiger partial charge < -0.3 is 15.2 Å². The third kappa shape index (κ3) is 2.55. The number of hydrogen-bond donors (Lipinski definition) is 2. The molecule has 1 heterocycles. The molecule has 1 aromatic heterocycles. The van der Waals surface area contributed by atoms with E-state index in [2.05, 4.69) is 15.3 Å². The van der Waals surface area contributed by atoms with Gasteiger partial charge in [0, 0.05) is 6.07 Å². The number of phenols is 1. The van der Waals surface area contributed by atoms with E-state index in [-0.39, 0.29) is 5.75 Å². The zero-order valence-electron chi connectivity index (χ0n) is 11.2. The third-order valence-electron chi connectivity index (χ3n) is 3.07. The molecule has 0 fully saturated rings. The van der Waals surface area contributed by atoms with Gasteiger partial charge in [-0.15, -0.1) is 0 Å². The van der Waals surface area contributed by atoms with Crippen LogP contribution in [0.25, 0.3) is 10.9 Å². The molecular weight excluding hydrogens is 290 g/mol. The Bertz CT molecular complexity index is 803. The molecule has 2 N–H and O–H groups in total. The van der Waals surface area contributed by atoms with Crippen LogP contribution in [0.2, 0.25) is 5.02 Å². The third-order valence-corrected chi connectivity index (χ3v) is 3.40. The Morgan fingerprint density at radius 1 is 1.19 bits per heavy atom. The monoisotopic (exact) mass is 301 g/mol. The molecule has 0 amide bonds. The highest BCUT2D eigenvalue weighted by molar-refractivity contribution is 6.33. The van der Waals surface area contributed by atoms with E-state index in [1.807, 2.05) is 0 Å². The van der Waals surface area contributed by atoms with Crippen molar-refractivity contribution >= 4 is 34.0 Å². The van der Waals surface area contributed by atoms with Crippen molar-refractivity contribution < 1.29 is 9.84 Å². The highest BCUT2D eigenvalue weighted by atomic mass is 35.5. The van der Waals surface area contributed by atoms with E-state index >= 15 is 0 Å². The maximum atomic E-state index is 10.0. The topological polar surface area (TPSA) is 67.3 Å². The van der Waals surface area contributed by atoms with E-state index in [4.69, 9.17) is 16.3 Å². The number of fused-ring (bicyclic) bond motifs is 1. The summed E-state index contributed by atoms with van der Waals surface area (Å²) < 4.78 is 5.18. The Kier molecular flexibility index (Phi) is 3.50. The average molecular weight is 302 g/mol. The fourth-order valence-electron chi connectivity index (χ4n) is 2.04. The van der Waals surface area contributed by atoms with Crippen molar-refractivity contribution in [1.82, 2.24) is 9.97 Å². The zero-order chi connectivity index (χ0) is 14.8. The van der Waals surface area contributed by atoms with Gasteiger partial charge in [0.25, 0.3) is 0 Å². The maximum absolute atomic E-state index is 10.0. The number of rotatable bonds is 3. The minimum Gasteiger partial charge on any atom is -0.507 e. The molecule has 0 saturated heterocycles. The predicted octanol–water partition coefficient (Wildman–Crippen LogP) is 3.74. The van der Waals surface area contributed by atoms with Gasteiger partial charge in [-0.05, 0) is 24.3 Å². The molecule has 3 rings (SSSR count). The van der Waals surface area contributed by atoms with Crippen LogP contribution in [0.15, 0.2) is 42.7 Å². The van der Waals surface area contributed by atoms with Gasteiger partial charge in [-0.25, -0.2) is 9.97 Å². The van der Waals surface area contributed by atoms with Crippen LogP contribution < -0.4 is 10.1 Å². The number of methoxy groups -OCH3 is 1. The molecule has 0 atom stereocenters. The summed E-state index contributed by atoms with van der Waals surface area (Å²) in [6.45, 7) is 0. The Labute approximate surface area is 126 Å². The first-order chi connectivity index (χ1) is 10.2. The minimum absolute atomic E-state index is 0.106. The van der Waals surface area contributed by atoms with Gasteiger partial charge in [0.05, 0.1) is 28.7 Å². The number of nitrogens with zero attached hydrogens (tertiary/aromatic N) is 2. The molecule has 0 bridgehead atoms. The Morgan fingerprint density at radius 3 is 2.86 bits per heavy atom. The highest BCUT2D eigenvalue weighted by Crippen LogP contribution is 2.33. The van der Waals surface area contributed by atoms with E-state index in [1.54, 1.807) is 43.5 Å². The van der Waals surface area contributed by atoms with Crippen molar-refractivity contribution in [2.75, 3.05) is 12.4 Å². The maximum Gasteiger partial charge on any atom is 0.145 e. The van der Waals surface area contributed by atoms with Crippen LogP contribution in [-0.2, 0) is 0 Å². The number of phenolic OH excluding ortho intramolecular Hbond substituents is 1. The molecule has 0 unspecified atom stereocenters. The molecule has 0 radical (unpaired) electrons. The van der Waals surface area contributed by atoms with Crippen LogP contribution in [0.5, 0.6) is 11.5 Å². The zero-order valence-corrected chi connectivity index (χ0v) is 11.9. The molecule has 0 spiro atoms. The standard InChI is InChI=1S/C15H12ClN3O2/c1-21-9-5-6-10(16)12(7-9)19-15-14-11(17-8-18-15)3-2-4-13(14)20/h2-8,20H,1H3,(H,17,18,19). The second kappa shape index (κ2) is 5.46. The molecule has 5 nitrogen and oxygen atoms in total. The number of ether oxygens (including phenoxy) is 1. The Morgan fingerprint density at radius 2 is 2.05 bits per heavy atom. The average Bonchev–Trinajstić information content (AvgIpc) is 2.50. The molecule has 6 heteroatoms. The molecule has 2 aromatic carbocycles. The van der Waals surface area contributed by atoms with Crippen molar-refractivity contribution in [2.45, 2.75) is 0 Å².